The average molecular weight is 188 g/mol. The van der Waals surface area contributed by atoms with Crippen LogP contribution in [0.4, 0.5) is 0 Å². The number of rotatable bonds is 2. The highest BCUT2D eigenvalue weighted by atomic mass is 16.1. The lowest BCUT2D eigenvalue weighted by Gasteiger charge is -2.26. The Labute approximate surface area is 85.1 Å². The van der Waals surface area contributed by atoms with Gasteiger partial charge in [-0.25, -0.2) is 0 Å². The zero-order valence-electron chi connectivity index (χ0n) is 8.84. The molecule has 1 aliphatic carbocycles. The van der Waals surface area contributed by atoms with Gasteiger partial charge < -0.3 is 0 Å². The molecule has 74 valence electrons. The van der Waals surface area contributed by atoms with Gasteiger partial charge in [0.05, 0.1) is 0 Å². The second kappa shape index (κ2) is 3.23. The fourth-order valence-corrected chi connectivity index (χ4v) is 2.57. The number of Topliss-reactive ketones (excluding diaryl/α,β-unsaturated/α-hetero) is 1. The third kappa shape index (κ3) is 1.12. The van der Waals surface area contributed by atoms with Crippen molar-refractivity contribution in [2.24, 2.45) is 0 Å². The van der Waals surface area contributed by atoms with Crippen molar-refractivity contribution in [1.29, 1.82) is 0 Å². The SMILES string of the molecule is CCC1(CC)CC(=O)c2ccccc21. The van der Waals surface area contributed by atoms with Crippen LogP contribution in [0, 0.1) is 0 Å². The lowest BCUT2D eigenvalue weighted by Crippen LogP contribution is -2.20. The molecule has 1 aromatic carbocycles. The second-order valence-corrected chi connectivity index (χ2v) is 4.13. The Morgan fingerprint density at radius 1 is 1.21 bits per heavy atom. The molecule has 0 spiro atoms. The number of fused-ring (bicyclic) bond motifs is 1. The predicted molar refractivity (Wildman–Crippen MR) is 57.6 cm³/mol. The Morgan fingerprint density at radius 2 is 1.86 bits per heavy atom. The maximum absolute atomic E-state index is 11.8. The van der Waals surface area contributed by atoms with Crippen LogP contribution in [0.3, 0.4) is 0 Å². The minimum absolute atomic E-state index is 0.133. The molecule has 0 amide bonds. The number of benzene rings is 1. The van der Waals surface area contributed by atoms with Gasteiger partial charge in [0.25, 0.3) is 0 Å². The maximum atomic E-state index is 11.8. The summed E-state index contributed by atoms with van der Waals surface area (Å²) in [4.78, 5) is 11.8. The number of carbonyl (C=O) groups is 1. The first kappa shape index (κ1) is 9.45. The molecule has 0 fully saturated rings. The lowest BCUT2D eigenvalue weighted by molar-refractivity contribution is 0.0971. The normalized spacial score (nSPS) is 18.3. The van der Waals surface area contributed by atoms with Crippen LogP contribution in [-0.4, -0.2) is 5.78 Å². The highest BCUT2D eigenvalue weighted by Gasteiger charge is 2.39. The molecule has 0 saturated heterocycles. The molecule has 2 rings (SSSR count). The zero-order valence-corrected chi connectivity index (χ0v) is 8.84. The largest absolute Gasteiger partial charge is 0.294 e. The monoisotopic (exact) mass is 188 g/mol. The summed E-state index contributed by atoms with van der Waals surface area (Å²) < 4.78 is 0. The van der Waals surface area contributed by atoms with Gasteiger partial charge in [0.2, 0.25) is 0 Å². The van der Waals surface area contributed by atoms with E-state index >= 15 is 0 Å². The lowest BCUT2D eigenvalue weighted by atomic mass is 9.77. The van der Waals surface area contributed by atoms with Crippen LogP contribution in [0.1, 0.15) is 49.0 Å². The Bertz CT molecular complexity index is 361. The van der Waals surface area contributed by atoms with E-state index in [-0.39, 0.29) is 5.41 Å². The minimum atomic E-state index is 0.133. The van der Waals surface area contributed by atoms with Crippen molar-refractivity contribution in [3.63, 3.8) is 0 Å². The van der Waals surface area contributed by atoms with Gasteiger partial charge in [-0.15, -0.1) is 0 Å². The highest BCUT2D eigenvalue weighted by Crippen LogP contribution is 2.43. The summed E-state index contributed by atoms with van der Waals surface area (Å²) in [6.07, 6.45) is 2.83. The van der Waals surface area contributed by atoms with Crippen molar-refractivity contribution >= 4 is 5.78 Å². The molecule has 1 aromatic rings. The molecule has 0 radical (unpaired) electrons. The number of hydrogen-bond acceptors (Lipinski definition) is 1. The number of hydrogen-bond donors (Lipinski definition) is 0. The van der Waals surface area contributed by atoms with E-state index in [1.165, 1.54) is 5.56 Å². The summed E-state index contributed by atoms with van der Waals surface area (Å²) in [5.74, 6) is 0.323. The zero-order chi connectivity index (χ0) is 10.2. The summed E-state index contributed by atoms with van der Waals surface area (Å²) in [5, 5.41) is 0. The van der Waals surface area contributed by atoms with Crippen LogP contribution < -0.4 is 0 Å². The first-order valence-electron chi connectivity index (χ1n) is 5.36. The molecule has 0 N–H and O–H groups in total. The number of carbonyl (C=O) groups excluding carboxylic acids is 1. The quantitative estimate of drug-likeness (QED) is 0.695. The van der Waals surface area contributed by atoms with Gasteiger partial charge in [-0.05, 0) is 18.4 Å². The van der Waals surface area contributed by atoms with Gasteiger partial charge in [-0.3, -0.25) is 4.79 Å². The van der Waals surface area contributed by atoms with Crippen LogP contribution in [0.15, 0.2) is 24.3 Å². The molecule has 0 unspecified atom stereocenters. The topological polar surface area (TPSA) is 17.1 Å². The summed E-state index contributed by atoms with van der Waals surface area (Å²) in [6, 6.07) is 8.08. The van der Waals surface area contributed by atoms with E-state index < -0.39 is 0 Å². The van der Waals surface area contributed by atoms with Crippen LogP contribution in [0.5, 0.6) is 0 Å². The molecule has 1 heteroatoms. The second-order valence-electron chi connectivity index (χ2n) is 4.13. The summed E-state index contributed by atoms with van der Waals surface area (Å²) in [5.41, 5.74) is 2.36. The molecule has 0 aromatic heterocycles. The Kier molecular flexibility index (Phi) is 2.18. The van der Waals surface area contributed by atoms with E-state index in [0.717, 1.165) is 18.4 Å². The van der Waals surface area contributed by atoms with Crippen molar-refractivity contribution in [3.8, 4) is 0 Å². The highest BCUT2D eigenvalue weighted by molar-refractivity contribution is 6.02. The third-order valence-electron chi connectivity index (χ3n) is 3.65. The van der Waals surface area contributed by atoms with E-state index in [1.54, 1.807) is 0 Å². The fraction of sp³-hybridized carbons (Fsp3) is 0.462. The van der Waals surface area contributed by atoms with Crippen molar-refractivity contribution < 1.29 is 4.79 Å². The van der Waals surface area contributed by atoms with Crippen molar-refractivity contribution in [1.82, 2.24) is 0 Å². The minimum Gasteiger partial charge on any atom is -0.294 e. The number of ketones is 1. The van der Waals surface area contributed by atoms with Gasteiger partial charge in [-0.1, -0.05) is 38.1 Å². The Balaban J connectivity index is 2.58. The van der Waals surface area contributed by atoms with E-state index in [4.69, 9.17) is 0 Å². The summed E-state index contributed by atoms with van der Waals surface area (Å²) >= 11 is 0. The van der Waals surface area contributed by atoms with Gasteiger partial charge >= 0.3 is 0 Å². The van der Waals surface area contributed by atoms with Crippen LogP contribution >= 0.6 is 0 Å². The van der Waals surface area contributed by atoms with Gasteiger partial charge in [0.1, 0.15) is 0 Å². The summed E-state index contributed by atoms with van der Waals surface area (Å²) in [6.45, 7) is 4.36. The van der Waals surface area contributed by atoms with Crippen LogP contribution in [0.2, 0.25) is 0 Å². The molecule has 1 aliphatic rings. The van der Waals surface area contributed by atoms with Gasteiger partial charge in [0, 0.05) is 17.4 Å². The molecule has 0 saturated carbocycles. The van der Waals surface area contributed by atoms with E-state index in [0.29, 0.717) is 12.2 Å². The van der Waals surface area contributed by atoms with E-state index in [2.05, 4.69) is 19.9 Å². The molecule has 0 atom stereocenters. The average Bonchev–Trinajstić information content (AvgIpc) is 2.53. The predicted octanol–water partition coefficient (Wildman–Crippen LogP) is 3.33. The third-order valence-corrected chi connectivity index (χ3v) is 3.65. The molecule has 0 bridgehead atoms. The first-order valence-corrected chi connectivity index (χ1v) is 5.36. The summed E-state index contributed by atoms with van der Waals surface area (Å²) in [7, 11) is 0. The van der Waals surface area contributed by atoms with Gasteiger partial charge in [-0.2, -0.15) is 0 Å². The maximum Gasteiger partial charge on any atom is 0.164 e. The van der Waals surface area contributed by atoms with Crippen molar-refractivity contribution in [2.45, 2.75) is 38.5 Å². The van der Waals surface area contributed by atoms with Crippen LogP contribution in [-0.2, 0) is 5.41 Å². The molecule has 0 aliphatic heterocycles. The molecule has 1 nitrogen and oxygen atoms in total. The van der Waals surface area contributed by atoms with Gasteiger partial charge in [0.15, 0.2) is 5.78 Å². The molecule has 0 heterocycles. The van der Waals surface area contributed by atoms with Crippen molar-refractivity contribution in [3.05, 3.63) is 35.4 Å². The molecule has 14 heavy (non-hydrogen) atoms. The molecular weight excluding hydrogens is 172 g/mol. The molecular formula is C13H16O. The van der Waals surface area contributed by atoms with E-state index in [1.807, 2.05) is 18.2 Å². The Morgan fingerprint density at radius 3 is 2.50 bits per heavy atom. The fourth-order valence-electron chi connectivity index (χ4n) is 2.57. The van der Waals surface area contributed by atoms with Crippen molar-refractivity contribution in [2.75, 3.05) is 0 Å². The Hall–Kier alpha value is -1.11. The first-order chi connectivity index (χ1) is 6.73. The smallest absolute Gasteiger partial charge is 0.164 e. The van der Waals surface area contributed by atoms with Crippen LogP contribution in [0.25, 0.3) is 0 Å². The van der Waals surface area contributed by atoms with E-state index in [9.17, 15) is 4.79 Å². The standard InChI is InChI=1S/C13H16O/c1-3-13(4-2)9-12(14)10-7-5-6-8-11(10)13/h5-8H,3-4,9H2,1-2H3.